The van der Waals surface area contributed by atoms with E-state index in [0.717, 1.165) is 5.69 Å². The van der Waals surface area contributed by atoms with Gasteiger partial charge in [-0.2, -0.15) is 0 Å². The summed E-state index contributed by atoms with van der Waals surface area (Å²) in [7, 11) is 0. The maximum Gasteiger partial charge on any atom is 0.0365 e. The van der Waals surface area contributed by atoms with Gasteiger partial charge in [-0.1, -0.05) is 45.9 Å². The molecule has 0 saturated heterocycles. The predicted octanol–water partition coefficient (Wildman–Crippen LogP) is 2.96. The molecule has 2 heteroatoms. The second kappa shape index (κ2) is 5.17. The third-order valence-corrected chi connectivity index (χ3v) is 2.51. The van der Waals surface area contributed by atoms with E-state index in [0.29, 0.717) is 18.0 Å². The molecule has 15 heavy (non-hydrogen) atoms. The van der Waals surface area contributed by atoms with E-state index in [1.54, 1.807) is 0 Å². The lowest BCUT2D eigenvalue weighted by Gasteiger charge is -2.26. The summed E-state index contributed by atoms with van der Waals surface area (Å²) in [5, 5.41) is 3.56. The number of anilines is 1. The van der Waals surface area contributed by atoms with Crippen molar-refractivity contribution in [3.8, 4) is 0 Å². The Kier molecular flexibility index (Phi) is 4.15. The molecule has 84 valence electrons. The Morgan fingerprint density at radius 3 is 2.13 bits per heavy atom. The van der Waals surface area contributed by atoms with E-state index in [1.807, 2.05) is 18.2 Å². The first-order chi connectivity index (χ1) is 7.02. The van der Waals surface area contributed by atoms with Gasteiger partial charge in [-0.15, -0.1) is 0 Å². The van der Waals surface area contributed by atoms with Gasteiger partial charge in [0.15, 0.2) is 0 Å². The second-order valence-corrected chi connectivity index (χ2v) is 4.67. The number of para-hydroxylation sites is 1. The summed E-state index contributed by atoms with van der Waals surface area (Å²) in [5.41, 5.74) is 8.08. The van der Waals surface area contributed by atoms with Crippen LogP contribution in [0.4, 0.5) is 5.69 Å². The molecule has 0 aliphatic carbocycles. The first kappa shape index (κ1) is 12.1. The van der Waals surface area contributed by atoms with Crippen molar-refractivity contribution >= 4 is 5.69 Å². The topological polar surface area (TPSA) is 38.0 Å². The second-order valence-electron chi connectivity index (χ2n) is 4.67. The van der Waals surface area contributed by atoms with Crippen LogP contribution in [0, 0.1) is 5.92 Å². The Balaban J connectivity index is 2.94. The number of nitrogens with one attached hydrogen (secondary N) is 1. The summed E-state index contributed by atoms with van der Waals surface area (Å²) in [6, 6.07) is 8.90. The van der Waals surface area contributed by atoms with E-state index >= 15 is 0 Å². The lowest BCUT2D eigenvalue weighted by Crippen LogP contribution is -2.32. The summed E-state index contributed by atoms with van der Waals surface area (Å²) >= 11 is 0. The van der Waals surface area contributed by atoms with E-state index < -0.39 is 0 Å². The molecular formula is C13H22N2. The standard InChI is InChI=1S/C13H22N2/c1-9(2)13(15-10(3)4)11-7-5-6-8-12(11)14/h5-10,13,15H,14H2,1-4H3. The largest absolute Gasteiger partial charge is 0.398 e. The highest BCUT2D eigenvalue weighted by Gasteiger charge is 2.17. The molecule has 0 aromatic heterocycles. The van der Waals surface area contributed by atoms with Crippen LogP contribution in [0.15, 0.2) is 24.3 Å². The van der Waals surface area contributed by atoms with E-state index in [2.05, 4.69) is 39.1 Å². The van der Waals surface area contributed by atoms with Gasteiger partial charge in [0.1, 0.15) is 0 Å². The maximum atomic E-state index is 5.99. The highest BCUT2D eigenvalue weighted by Crippen LogP contribution is 2.26. The molecule has 0 spiro atoms. The van der Waals surface area contributed by atoms with Crippen LogP contribution < -0.4 is 11.1 Å². The highest BCUT2D eigenvalue weighted by atomic mass is 14.9. The molecule has 1 unspecified atom stereocenters. The lowest BCUT2D eigenvalue weighted by molar-refractivity contribution is 0.382. The molecular weight excluding hydrogens is 184 g/mol. The number of rotatable bonds is 4. The third-order valence-electron chi connectivity index (χ3n) is 2.51. The number of nitrogen functional groups attached to an aromatic ring is 1. The Bertz CT molecular complexity index is 305. The van der Waals surface area contributed by atoms with Crippen LogP contribution in [0.2, 0.25) is 0 Å². The number of benzene rings is 1. The van der Waals surface area contributed by atoms with Gasteiger partial charge in [0, 0.05) is 17.8 Å². The molecule has 0 aliphatic rings. The minimum atomic E-state index is 0.339. The normalized spacial score (nSPS) is 13.5. The Hall–Kier alpha value is -1.02. The first-order valence-corrected chi connectivity index (χ1v) is 5.62. The van der Waals surface area contributed by atoms with Crippen LogP contribution in [-0.2, 0) is 0 Å². The van der Waals surface area contributed by atoms with Gasteiger partial charge < -0.3 is 11.1 Å². The van der Waals surface area contributed by atoms with E-state index in [4.69, 9.17) is 5.73 Å². The molecule has 1 atom stereocenters. The van der Waals surface area contributed by atoms with E-state index in [9.17, 15) is 0 Å². The van der Waals surface area contributed by atoms with Crippen molar-refractivity contribution in [3.63, 3.8) is 0 Å². The van der Waals surface area contributed by atoms with Crippen LogP contribution >= 0.6 is 0 Å². The van der Waals surface area contributed by atoms with Crippen LogP contribution in [0.5, 0.6) is 0 Å². The van der Waals surface area contributed by atoms with Crippen molar-refractivity contribution in [2.45, 2.75) is 39.8 Å². The molecule has 0 fully saturated rings. The van der Waals surface area contributed by atoms with Crippen molar-refractivity contribution in [2.75, 3.05) is 5.73 Å². The van der Waals surface area contributed by atoms with Crippen LogP contribution in [-0.4, -0.2) is 6.04 Å². The van der Waals surface area contributed by atoms with Gasteiger partial charge in [-0.25, -0.2) is 0 Å². The van der Waals surface area contributed by atoms with Crippen LogP contribution in [0.25, 0.3) is 0 Å². The molecule has 0 bridgehead atoms. The third kappa shape index (κ3) is 3.24. The molecule has 0 aliphatic heterocycles. The molecule has 3 N–H and O–H groups in total. The minimum absolute atomic E-state index is 0.339. The molecule has 1 aromatic carbocycles. The average Bonchev–Trinajstić information content (AvgIpc) is 2.15. The molecule has 0 amide bonds. The lowest BCUT2D eigenvalue weighted by atomic mass is 9.94. The fraction of sp³-hybridized carbons (Fsp3) is 0.538. The smallest absolute Gasteiger partial charge is 0.0365 e. The zero-order valence-electron chi connectivity index (χ0n) is 10.1. The summed E-state index contributed by atoms with van der Waals surface area (Å²) < 4.78 is 0. The Labute approximate surface area is 92.9 Å². The predicted molar refractivity (Wildman–Crippen MR) is 66.7 cm³/mol. The quantitative estimate of drug-likeness (QED) is 0.743. The summed E-state index contributed by atoms with van der Waals surface area (Å²) in [5.74, 6) is 0.539. The van der Waals surface area contributed by atoms with E-state index in [-0.39, 0.29) is 0 Å². The number of hydrogen-bond acceptors (Lipinski definition) is 2. The molecule has 0 heterocycles. The van der Waals surface area contributed by atoms with Crippen LogP contribution in [0.3, 0.4) is 0 Å². The molecule has 2 nitrogen and oxygen atoms in total. The monoisotopic (exact) mass is 206 g/mol. The first-order valence-electron chi connectivity index (χ1n) is 5.62. The van der Waals surface area contributed by atoms with Crippen molar-refractivity contribution in [1.29, 1.82) is 0 Å². The number of nitrogens with two attached hydrogens (primary N) is 1. The zero-order chi connectivity index (χ0) is 11.4. The number of hydrogen-bond donors (Lipinski definition) is 2. The SMILES string of the molecule is CC(C)NC(c1ccccc1N)C(C)C. The van der Waals surface area contributed by atoms with Gasteiger partial charge in [-0.05, 0) is 17.5 Å². The fourth-order valence-electron chi connectivity index (χ4n) is 1.79. The summed E-state index contributed by atoms with van der Waals surface area (Å²) in [4.78, 5) is 0. The molecule has 1 aromatic rings. The summed E-state index contributed by atoms with van der Waals surface area (Å²) in [6.45, 7) is 8.75. The van der Waals surface area contributed by atoms with Gasteiger partial charge in [-0.3, -0.25) is 0 Å². The van der Waals surface area contributed by atoms with Crippen LogP contribution in [0.1, 0.15) is 39.3 Å². The van der Waals surface area contributed by atoms with Gasteiger partial charge in [0.25, 0.3) is 0 Å². The molecule has 1 rings (SSSR count). The summed E-state index contributed by atoms with van der Waals surface area (Å²) in [6.07, 6.45) is 0. The zero-order valence-corrected chi connectivity index (χ0v) is 10.1. The van der Waals surface area contributed by atoms with Crippen molar-refractivity contribution < 1.29 is 0 Å². The van der Waals surface area contributed by atoms with Gasteiger partial charge >= 0.3 is 0 Å². The average molecular weight is 206 g/mol. The van der Waals surface area contributed by atoms with Crippen molar-refractivity contribution in [3.05, 3.63) is 29.8 Å². The molecule has 0 saturated carbocycles. The van der Waals surface area contributed by atoms with Gasteiger partial charge in [0.05, 0.1) is 0 Å². The minimum Gasteiger partial charge on any atom is -0.398 e. The highest BCUT2D eigenvalue weighted by molar-refractivity contribution is 5.48. The van der Waals surface area contributed by atoms with Gasteiger partial charge in [0.2, 0.25) is 0 Å². The molecule has 0 radical (unpaired) electrons. The van der Waals surface area contributed by atoms with E-state index in [1.165, 1.54) is 5.56 Å². The van der Waals surface area contributed by atoms with Crippen molar-refractivity contribution in [1.82, 2.24) is 5.32 Å². The Morgan fingerprint density at radius 2 is 1.67 bits per heavy atom. The Morgan fingerprint density at radius 1 is 1.07 bits per heavy atom. The maximum absolute atomic E-state index is 5.99. The van der Waals surface area contributed by atoms with Crippen molar-refractivity contribution in [2.24, 2.45) is 5.92 Å². The fourth-order valence-corrected chi connectivity index (χ4v) is 1.79.